The van der Waals surface area contributed by atoms with Crippen molar-refractivity contribution in [3.05, 3.63) is 28.8 Å². The van der Waals surface area contributed by atoms with E-state index in [0.29, 0.717) is 10.5 Å². The zero-order valence-electron chi connectivity index (χ0n) is 10.6. The summed E-state index contributed by atoms with van der Waals surface area (Å²) < 4.78 is 41.3. The van der Waals surface area contributed by atoms with Crippen molar-refractivity contribution in [3.8, 4) is 5.75 Å². The summed E-state index contributed by atoms with van der Waals surface area (Å²) in [6, 6.07) is 4.26. The second-order valence-electron chi connectivity index (χ2n) is 4.79. The Kier molecular flexibility index (Phi) is 5.42. The van der Waals surface area contributed by atoms with Gasteiger partial charge in [-0.15, -0.1) is 13.2 Å². The predicted octanol–water partition coefficient (Wildman–Crippen LogP) is 4.64. The SMILES string of the molecule is FC(F)(F)Oc1cc(Cl)cc(CN2CCC(I)CC2)c1. The van der Waals surface area contributed by atoms with Crippen LogP contribution in [-0.4, -0.2) is 28.3 Å². The van der Waals surface area contributed by atoms with Gasteiger partial charge in [0.25, 0.3) is 0 Å². The van der Waals surface area contributed by atoms with E-state index in [0.717, 1.165) is 31.5 Å². The minimum absolute atomic E-state index is 0.255. The molecule has 20 heavy (non-hydrogen) atoms. The minimum Gasteiger partial charge on any atom is -0.406 e. The van der Waals surface area contributed by atoms with Gasteiger partial charge >= 0.3 is 6.36 Å². The number of alkyl halides is 4. The fourth-order valence-electron chi connectivity index (χ4n) is 2.22. The van der Waals surface area contributed by atoms with Crippen molar-refractivity contribution in [2.45, 2.75) is 29.7 Å². The van der Waals surface area contributed by atoms with Crippen LogP contribution in [0.15, 0.2) is 18.2 Å². The summed E-state index contributed by atoms with van der Waals surface area (Å²) in [4.78, 5) is 2.22. The molecule has 1 heterocycles. The van der Waals surface area contributed by atoms with Crippen LogP contribution in [0.3, 0.4) is 0 Å². The Morgan fingerprint density at radius 1 is 1.25 bits per heavy atom. The normalized spacial score (nSPS) is 18.2. The second kappa shape index (κ2) is 6.70. The van der Waals surface area contributed by atoms with E-state index in [1.54, 1.807) is 6.07 Å². The highest BCUT2D eigenvalue weighted by Gasteiger charge is 2.31. The van der Waals surface area contributed by atoms with Gasteiger partial charge in [-0.3, -0.25) is 4.90 Å². The Hall–Kier alpha value is -0.210. The molecule has 1 fully saturated rings. The van der Waals surface area contributed by atoms with Crippen molar-refractivity contribution in [2.75, 3.05) is 13.1 Å². The highest BCUT2D eigenvalue weighted by molar-refractivity contribution is 14.1. The molecule has 0 bridgehead atoms. The van der Waals surface area contributed by atoms with Gasteiger partial charge < -0.3 is 4.74 Å². The molecule has 0 aliphatic carbocycles. The summed E-state index contributed by atoms with van der Waals surface area (Å²) in [6.45, 7) is 2.50. The third-order valence-electron chi connectivity index (χ3n) is 3.09. The number of halogens is 5. The molecule has 1 aromatic rings. The third kappa shape index (κ3) is 5.29. The van der Waals surface area contributed by atoms with Crippen molar-refractivity contribution in [2.24, 2.45) is 0 Å². The molecule has 7 heteroatoms. The van der Waals surface area contributed by atoms with Gasteiger partial charge in [-0.2, -0.15) is 0 Å². The van der Waals surface area contributed by atoms with Crippen molar-refractivity contribution in [3.63, 3.8) is 0 Å². The number of hydrogen-bond donors (Lipinski definition) is 0. The van der Waals surface area contributed by atoms with E-state index in [1.165, 1.54) is 12.1 Å². The van der Waals surface area contributed by atoms with Gasteiger partial charge in [0.1, 0.15) is 5.75 Å². The summed E-state index contributed by atoms with van der Waals surface area (Å²) in [5.41, 5.74) is 0.739. The van der Waals surface area contributed by atoms with E-state index in [-0.39, 0.29) is 10.8 Å². The van der Waals surface area contributed by atoms with E-state index in [2.05, 4.69) is 32.2 Å². The quantitative estimate of drug-likeness (QED) is 0.523. The topological polar surface area (TPSA) is 12.5 Å². The predicted molar refractivity (Wildman–Crippen MR) is 80.5 cm³/mol. The molecule has 0 saturated carbocycles. The molecule has 0 radical (unpaired) electrons. The molecule has 1 aliphatic rings. The molecule has 0 N–H and O–H groups in total. The summed E-state index contributed by atoms with van der Waals surface area (Å²) in [5.74, 6) is -0.260. The maximum atomic E-state index is 12.2. The van der Waals surface area contributed by atoms with Gasteiger partial charge in [0.05, 0.1) is 0 Å². The van der Waals surface area contributed by atoms with E-state index in [1.807, 2.05) is 0 Å². The van der Waals surface area contributed by atoms with Crippen LogP contribution in [0.2, 0.25) is 5.02 Å². The molecule has 0 atom stereocenters. The highest BCUT2D eigenvalue weighted by Crippen LogP contribution is 2.28. The Morgan fingerprint density at radius 2 is 1.90 bits per heavy atom. The molecular formula is C13H14ClF3INO. The summed E-state index contributed by atoms with van der Waals surface area (Å²) in [5, 5.41) is 0.255. The Morgan fingerprint density at radius 3 is 2.50 bits per heavy atom. The fourth-order valence-corrected chi connectivity index (χ4v) is 3.03. The lowest BCUT2D eigenvalue weighted by atomic mass is 10.1. The monoisotopic (exact) mass is 419 g/mol. The molecule has 0 unspecified atom stereocenters. The third-order valence-corrected chi connectivity index (χ3v) is 4.55. The minimum atomic E-state index is -4.69. The Bertz CT molecular complexity index is 461. The number of piperidine rings is 1. The average Bonchev–Trinajstić information content (AvgIpc) is 2.29. The number of benzene rings is 1. The van der Waals surface area contributed by atoms with Crippen molar-refractivity contribution in [1.29, 1.82) is 0 Å². The van der Waals surface area contributed by atoms with Crippen molar-refractivity contribution >= 4 is 34.2 Å². The molecule has 1 saturated heterocycles. The van der Waals surface area contributed by atoms with Crippen LogP contribution in [-0.2, 0) is 6.54 Å². The molecule has 112 valence electrons. The van der Waals surface area contributed by atoms with Crippen molar-refractivity contribution < 1.29 is 17.9 Å². The number of rotatable bonds is 3. The van der Waals surface area contributed by atoms with Gasteiger partial charge in [-0.05, 0) is 49.7 Å². The zero-order chi connectivity index (χ0) is 14.8. The average molecular weight is 420 g/mol. The van der Waals surface area contributed by atoms with Crippen LogP contribution in [0.1, 0.15) is 18.4 Å². The first-order valence-electron chi connectivity index (χ1n) is 6.23. The lowest BCUT2D eigenvalue weighted by molar-refractivity contribution is -0.274. The van der Waals surface area contributed by atoms with Gasteiger partial charge in [0.15, 0.2) is 0 Å². The molecule has 0 aromatic heterocycles. The molecule has 1 aliphatic heterocycles. The largest absolute Gasteiger partial charge is 0.573 e. The molecule has 2 rings (SSSR count). The second-order valence-corrected chi connectivity index (χ2v) is 6.99. The van der Waals surface area contributed by atoms with Gasteiger partial charge in [-0.1, -0.05) is 34.2 Å². The highest BCUT2D eigenvalue weighted by atomic mass is 127. The van der Waals surface area contributed by atoms with E-state index < -0.39 is 6.36 Å². The van der Waals surface area contributed by atoms with E-state index in [9.17, 15) is 13.2 Å². The first-order chi connectivity index (χ1) is 9.32. The van der Waals surface area contributed by atoms with Crippen LogP contribution in [0.4, 0.5) is 13.2 Å². The lowest BCUT2D eigenvalue weighted by Gasteiger charge is -2.29. The Balaban J connectivity index is 2.04. The summed E-state index contributed by atoms with van der Waals surface area (Å²) >= 11 is 8.28. The first kappa shape index (κ1) is 16.2. The van der Waals surface area contributed by atoms with Gasteiger partial charge in [-0.25, -0.2) is 0 Å². The van der Waals surface area contributed by atoms with Crippen LogP contribution >= 0.6 is 34.2 Å². The van der Waals surface area contributed by atoms with Crippen molar-refractivity contribution in [1.82, 2.24) is 4.90 Å². The zero-order valence-corrected chi connectivity index (χ0v) is 13.5. The Labute approximate surface area is 134 Å². The maximum Gasteiger partial charge on any atom is 0.573 e. The first-order valence-corrected chi connectivity index (χ1v) is 7.86. The standard InChI is InChI=1S/C13H14ClF3INO/c14-10-5-9(6-12(7-10)20-13(15,16)17)8-19-3-1-11(18)2-4-19/h5-7,11H,1-4,8H2. The molecule has 2 nitrogen and oxygen atoms in total. The van der Waals surface area contributed by atoms with Gasteiger partial charge in [0.2, 0.25) is 0 Å². The van der Waals surface area contributed by atoms with E-state index >= 15 is 0 Å². The summed E-state index contributed by atoms with van der Waals surface area (Å²) in [7, 11) is 0. The van der Waals surface area contributed by atoms with Crippen LogP contribution in [0.5, 0.6) is 5.75 Å². The molecule has 0 amide bonds. The number of nitrogens with zero attached hydrogens (tertiary/aromatic N) is 1. The lowest BCUT2D eigenvalue weighted by Crippen LogP contribution is -2.33. The number of ether oxygens (including phenoxy) is 1. The number of hydrogen-bond acceptors (Lipinski definition) is 2. The van der Waals surface area contributed by atoms with Crippen LogP contribution in [0, 0.1) is 0 Å². The number of likely N-dealkylation sites (tertiary alicyclic amines) is 1. The smallest absolute Gasteiger partial charge is 0.406 e. The van der Waals surface area contributed by atoms with Crippen LogP contribution < -0.4 is 4.74 Å². The van der Waals surface area contributed by atoms with Gasteiger partial charge in [0, 0.05) is 15.5 Å². The van der Waals surface area contributed by atoms with Crippen LogP contribution in [0.25, 0.3) is 0 Å². The molecule has 1 aromatic carbocycles. The fraction of sp³-hybridized carbons (Fsp3) is 0.538. The molecule has 0 spiro atoms. The molecular weight excluding hydrogens is 406 g/mol. The van der Waals surface area contributed by atoms with E-state index in [4.69, 9.17) is 11.6 Å². The maximum absolute atomic E-state index is 12.2. The summed E-state index contributed by atoms with van der Waals surface area (Å²) in [6.07, 6.45) is -2.48.